The molecule has 2 nitrogen and oxygen atoms in total. The van der Waals surface area contributed by atoms with Gasteiger partial charge in [0.1, 0.15) is 5.82 Å². The molecule has 1 atom stereocenters. The molecule has 0 aliphatic rings. The molecule has 0 aliphatic carbocycles. The van der Waals surface area contributed by atoms with E-state index in [4.69, 9.17) is 16.6 Å². The quantitative estimate of drug-likeness (QED) is 0.716. The van der Waals surface area contributed by atoms with E-state index in [1.807, 2.05) is 6.92 Å². The van der Waals surface area contributed by atoms with Crippen LogP contribution in [0.3, 0.4) is 0 Å². The predicted molar refractivity (Wildman–Crippen MR) is 82.8 cm³/mol. The summed E-state index contributed by atoms with van der Waals surface area (Å²) in [6.45, 7) is 11.9. The van der Waals surface area contributed by atoms with Crippen LogP contribution in [0.5, 0.6) is 0 Å². The minimum Gasteiger partial charge on any atom is -0.327 e. The zero-order valence-electron chi connectivity index (χ0n) is 12.5. The number of halogens is 1. The summed E-state index contributed by atoms with van der Waals surface area (Å²) in [6.07, 6.45) is 1.11. The molecular formula is C16H23ClN2. The van der Waals surface area contributed by atoms with Crippen LogP contribution in [-0.4, -0.2) is 9.55 Å². The summed E-state index contributed by atoms with van der Waals surface area (Å²) >= 11 is 6.30. The lowest BCUT2D eigenvalue weighted by molar-refractivity contribution is 0.350. The van der Waals surface area contributed by atoms with Crippen molar-refractivity contribution in [2.24, 2.45) is 5.41 Å². The molecule has 0 amide bonds. The highest BCUT2D eigenvalue weighted by atomic mass is 35.5. The Morgan fingerprint density at radius 1 is 1.32 bits per heavy atom. The van der Waals surface area contributed by atoms with Gasteiger partial charge >= 0.3 is 0 Å². The SMILES string of the molecule is Cc1cccc2c1nc(C(C)Cl)n2CCC(C)(C)C. The lowest BCUT2D eigenvalue weighted by atomic mass is 9.92. The molecule has 0 spiro atoms. The number of fused-ring (bicyclic) bond motifs is 1. The van der Waals surface area contributed by atoms with E-state index >= 15 is 0 Å². The van der Waals surface area contributed by atoms with Crippen LogP contribution in [0.2, 0.25) is 0 Å². The highest BCUT2D eigenvalue weighted by molar-refractivity contribution is 6.20. The fourth-order valence-electron chi connectivity index (χ4n) is 2.29. The summed E-state index contributed by atoms with van der Waals surface area (Å²) in [5.41, 5.74) is 3.81. The molecule has 2 aromatic rings. The standard InChI is InChI=1S/C16H23ClN2/c1-11-7-6-8-13-14(11)18-15(12(2)17)19(13)10-9-16(3,4)5/h6-8,12H,9-10H2,1-5H3. The van der Waals surface area contributed by atoms with Crippen molar-refractivity contribution in [1.82, 2.24) is 9.55 Å². The van der Waals surface area contributed by atoms with Gasteiger partial charge in [0.2, 0.25) is 0 Å². The van der Waals surface area contributed by atoms with E-state index in [0.717, 1.165) is 24.3 Å². The Bertz CT molecular complexity index is 576. The summed E-state index contributed by atoms with van der Waals surface area (Å²) in [6, 6.07) is 6.34. The molecule has 0 radical (unpaired) electrons. The van der Waals surface area contributed by atoms with Gasteiger partial charge in [0.05, 0.1) is 16.4 Å². The Labute approximate surface area is 120 Å². The highest BCUT2D eigenvalue weighted by Gasteiger charge is 2.18. The fourth-order valence-corrected chi connectivity index (χ4v) is 2.46. The number of aryl methyl sites for hydroxylation is 2. The minimum absolute atomic E-state index is 0.0632. The third kappa shape index (κ3) is 3.11. The van der Waals surface area contributed by atoms with Gasteiger partial charge in [-0.1, -0.05) is 32.9 Å². The molecule has 1 unspecified atom stereocenters. The van der Waals surface area contributed by atoms with Gasteiger partial charge in [-0.2, -0.15) is 0 Å². The maximum Gasteiger partial charge on any atom is 0.127 e. The van der Waals surface area contributed by atoms with Crippen LogP contribution in [-0.2, 0) is 6.54 Å². The molecule has 0 saturated carbocycles. The molecule has 1 aromatic heterocycles. The van der Waals surface area contributed by atoms with E-state index in [0.29, 0.717) is 5.41 Å². The first-order chi connectivity index (χ1) is 8.79. The molecular weight excluding hydrogens is 256 g/mol. The summed E-state index contributed by atoms with van der Waals surface area (Å²) in [5.74, 6) is 0.982. The van der Waals surface area contributed by atoms with Gasteiger partial charge in [0.15, 0.2) is 0 Å². The number of benzene rings is 1. The summed E-state index contributed by atoms with van der Waals surface area (Å²) in [4.78, 5) is 4.74. The van der Waals surface area contributed by atoms with Crippen molar-refractivity contribution in [2.45, 2.75) is 53.0 Å². The van der Waals surface area contributed by atoms with Gasteiger partial charge in [-0.05, 0) is 37.3 Å². The van der Waals surface area contributed by atoms with Gasteiger partial charge in [0, 0.05) is 6.54 Å². The van der Waals surface area contributed by atoms with Crippen LogP contribution < -0.4 is 0 Å². The molecule has 0 saturated heterocycles. The largest absolute Gasteiger partial charge is 0.327 e. The maximum atomic E-state index is 6.30. The third-order valence-electron chi connectivity index (χ3n) is 3.45. The van der Waals surface area contributed by atoms with Crippen molar-refractivity contribution in [1.29, 1.82) is 0 Å². The van der Waals surface area contributed by atoms with Crippen LogP contribution in [0.1, 0.15) is 50.9 Å². The minimum atomic E-state index is -0.0632. The summed E-state index contributed by atoms with van der Waals surface area (Å²) < 4.78 is 2.28. The topological polar surface area (TPSA) is 17.8 Å². The van der Waals surface area contributed by atoms with Crippen LogP contribution >= 0.6 is 11.6 Å². The molecule has 1 aromatic carbocycles. The first-order valence-corrected chi connectivity index (χ1v) is 7.33. The van der Waals surface area contributed by atoms with E-state index in [1.165, 1.54) is 11.1 Å². The van der Waals surface area contributed by atoms with Gasteiger partial charge in [-0.25, -0.2) is 4.98 Å². The first-order valence-electron chi connectivity index (χ1n) is 6.89. The Morgan fingerprint density at radius 2 is 2.00 bits per heavy atom. The van der Waals surface area contributed by atoms with Crippen LogP contribution in [0.15, 0.2) is 18.2 Å². The van der Waals surface area contributed by atoms with E-state index in [1.54, 1.807) is 0 Å². The predicted octanol–water partition coefficient (Wildman–Crippen LogP) is 5.08. The Hall–Kier alpha value is -1.02. The molecule has 19 heavy (non-hydrogen) atoms. The maximum absolute atomic E-state index is 6.30. The molecule has 0 N–H and O–H groups in total. The Morgan fingerprint density at radius 3 is 2.58 bits per heavy atom. The number of imidazole rings is 1. The van der Waals surface area contributed by atoms with Gasteiger partial charge in [0.25, 0.3) is 0 Å². The molecule has 104 valence electrons. The van der Waals surface area contributed by atoms with E-state index in [-0.39, 0.29) is 5.38 Å². The van der Waals surface area contributed by atoms with Gasteiger partial charge < -0.3 is 4.57 Å². The highest BCUT2D eigenvalue weighted by Crippen LogP contribution is 2.28. The average molecular weight is 279 g/mol. The van der Waals surface area contributed by atoms with Crippen molar-refractivity contribution in [3.8, 4) is 0 Å². The lowest BCUT2D eigenvalue weighted by Gasteiger charge is -2.20. The molecule has 3 heteroatoms. The van der Waals surface area contributed by atoms with Crippen LogP contribution in [0.25, 0.3) is 11.0 Å². The van der Waals surface area contributed by atoms with E-state index in [2.05, 4.69) is 50.5 Å². The Kier molecular flexibility index (Phi) is 3.91. The molecule has 0 bridgehead atoms. The van der Waals surface area contributed by atoms with Crippen molar-refractivity contribution in [2.75, 3.05) is 0 Å². The first kappa shape index (κ1) is 14.4. The molecule has 2 rings (SSSR count). The van der Waals surface area contributed by atoms with Crippen molar-refractivity contribution < 1.29 is 0 Å². The van der Waals surface area contributed by atoms with Gasteiger partial charge in [-0.3, -0.25) is 0 Å². The number of nitrogens with zero attached hydrogens (tertiary/aromatic N) is 2. The number of aromatic nitrogens is 2. The smallest absolute Gasteiger partial charge is 0.127 e. The normalized spacial score (nSPS) is 14.0. The lowest BCUT2D eigenvalue weighted by Crippen LogP contribution is -2.12. The second kappa shape index (κ2) is 5.16. The van der Waals surface area contributed by atoms with E-state index in [9.17, 15) is 0 Å². The molecule has 0 aliphatic heterocycles. The molecule has 0 fully saturated rings. The van der Waals surface area contributed by atoms with Crippen molar-refractivity contribution in [3.05, 3.63) is 29.6 Å². The second-order valence-electron chi connectivity index (χ2n) is 6.49. The second-order valence-corrected chi connectivity index (χ2v) is 7.15. The van der Waals surface area contributed by atoms with E-state index < -0.39 is 0 Å². The van der Waals surface area contributed by atoms with Crippen LogP contribution in [0, 0.1) is 12.3 Å². The average Bonchev–Trinajstić information content (AvgIpc) is 2.66. The summed E-state index contributed by atoms with van der Waals surface area (Å²) in [7, 11) is 0. The number of rotatable bonds is 3. The summed E-state index contributed by atoms with van der Waals surface area (Å²) in [5, 5.41) is -0.0632. The zero-order valence-corrected chi connectivity index (χ0v) is 13.3. The van der Waals surface area contributed by atoms with Crippen LogP contribution in [0.4, 0.5) is 0 Å². The molecule has 1 heterocycles. The third-order valence-corrected chi connectivity index (χ3v) is 3.65. The fraction of sp³-hybridized carbons (Fsp3) is 0.562. The zero-order chi connectivity index (χ0) is 14.2. The number of hydrogen-bond donors (Lipinski definition) is 0. The van der Waals surface area contributed by atoms with Crippen molar-refractivity contribution >= 4 is 22.6 Å². The number of hydrogen-bond acceptors (Lipinski definition) is 1. The number of para-hydroxylation sites is 1. The monoisotopic (exact) mass is 278 g/mol. The number of alkyl halides is 1. The van der Waals surface area contributed by atoms with Crippen molar-refractivity contribution in [3.63, 3.8) is 0 Å². The Balaban J connectivity index is 2.50. The van der Waals surface area contributed by atoms with Gasteiger partial charge in [-0.15, -0.1) is 11.6 Å².